The van der Waals surface area contributed by atoms with Crippen LogP contribution in [-0.4, -0.2) is 19.1 Å². The van der Waals surface area contributed by atoms with Crippen LogP contribution in [0.1, 0.15) is 25.7 Å². The third kappa shape index (κ3) is 3.79. The Morgan fingerprint density at radius 3 is 2.38 bits per heavy atom. The SMILES string of the molecule is NC/C=C\NC1CCC(CN)CC1. The summed E-state index contributed by atoms with van der Waals surface area (Å²) in [6, 6.07) is 0.644. The van der Waals surface area contributed by atoms with Gasteiger partial charge in [-0.05, 0) is 44.3 Å². The molecule has 0 saturated heterocycles. The Morgan fingerprint density at radius 1 is 1.15 bits per heavy atom. The molecule has 0 spiro atoms. The number of nitrogens with one attached hydrogen (secondary N) is 1. The molecule has 3 nitrogen and oxygen atoms in total. The van der Waals surface area contributed by atoms with Gasteiger partial charge in [-0.2, -0.15) is 0 Å². The summed E-state index contributed by atoms with van der Waals surface area (Å²) in [6.45, 7) is 1.47. The maximum atomic E-state index is 5.62. The summed E-state index contributed by atoms with van der Waals surface area (Å²) in [7, 11) is 0. The summed E-state index contributed by atoms with van der Waals surface area (Å²) in [6.07, 6.45) is 8.96. The third-order valence-electron chi connectivity index (χ3n) is 2.77. The van der Waals surface area contributed by atoms with Gasteiger partial charge in [0, 0.05) is 12.6 Å². The molecule has 5 N–H and O–H groups in total. The largest absolute Gasteiger partial charge is 0.388 e. The van der Waals surface area contributed by atoms with E-state index in [4.69, 9.17) is 11.5 Å². The molecular formula is C10H21N3. The van der Waals surface area contributed by atoms with Crippen LogP contribution in [0.25, 0.3) is 0 Å². The van der Waals surface area contributed by atoms with Gasteiger partial charge in [0.1, 0.15) is 0 Å². The Morgan fingerprint density at radius 2 is 1.85 bits per heavy atom. The Labute approximate surface area is 80.6 Å². The summed E-state index contributed by atoms with van der Waals surface area (Å²) in [5.41, 5.74) is 11.0. The highest BCUT2D eigenvalue weighted by Crippen LogP contribution is 2.22. The van der Waals surface area contributed by atoms with Gasteiger partial charge in [-0.15, -0.1) is 0 Å². The summed E-state index contributed by atoms with van der Waals surface area (Å²) in [5, 5.41) is 3.37. The number of hydrogen-bond acceptors (Lipinski definition) is 3. The van der Waals surface area contributed by atoms with E-state index in [0.29, 0.717) is 12.6 Å². The molecule has 0 aromatic rings. The van der Waals surface area contributed by atoms with E-state index in [1.807, 2.05) is 12.3 Å². The lowest BCUT2D eigenvalue weighted by atomic mass is 9.86. The lowest BCUT2D eigenvalue weighted by molar-refractivity contribution is 0.313. The van der Waals surface area contributed by atoms with Gasteiger partial charge in [0.15, 0.2) is 0 Å². The first-order valence-electron chi connectivity index (χ1n) is 5.18. The highest BCUT2D eigenvalue weighted by Gasteiger charge is 2.18. The van der Waals surface area contributed by atoms with E-state index in [1.165, 1.54) is 25.7 Å². The van der Waals surface area contributed by atoms with Crippen LogP contribution in [0.2, 0.25) is 0 Å². The zero-order chi connectivity index (χ0) is 9.52. The fourth-order valence-corrected chi connectivity index (χ4v) is 1.84. The molecule has 0 aromatic heterocycles. The van der Waals surface area contributed by atoms with Gasteiger partial charge in [-0.25, -0.2) is 0 Å². The van der Waals surface area contributed by atoms with E-state index in [-0.39, 0.29) is 0 Å². The van der Waals surface area contributed by atoms with Gasteiger partial charge in [-0.1, -0.05) is 6.08 Å². The molecule has 0 radical (unpaired) electrons. The van der Waals surface area contributed by atoms with E-state index in [2.05, 4.69) is 5.32 Å². The molecule has 1 saturated carbocycles. The molecule has 13 heavy (non-hydrogen) atoms. The molecule has 0 aliphatic heterocycles. The highest BCUT2D eigenvalue weighted by atomic mass is 14.9. The van der Waals surface area contributed by atoms with Crippen LogP contribution in [0.15, 0.2) is 12.3 Å². The number of nitrogens with two attached hydrogens (primary N) is 2. The minimum absolute atomic E-state index is 0.616. The van der Waals surface area contributed by atoms with Gasteiger partial charge >= 0.3 is 0 Å². The van der Waals surface area contributed by atoms with Crippen molar-refractivity contribution < 1.29 is 0 Å². The lowest BCUT2D eigenvalue weighted by Gasteiger charge is -2.27. The fourth-order valence-electron chi connectivity index (χ4n) is 1.84. The smallest absolute Gasteiger partial charge is 0.0255 e. The minimum atomic E-state index is 0.616. The zero-order valence-electron chi connectivity index (χ0n) is 8.21. The van der Waals surface area contributed by atoms with E-state index in [1.54, 1.807) is 0 Å². The average molecular weight is 183 g/mol. The van der Waals surface area contributed by atoms with Crippen molar-refractivity contribution in [2.24, 2.45) is 17.4 Å². The number of rotatable bonds is 4. The molecule has 0 atom stereocenters. The average Bonchev–Trinajstić information content (AvgIpc) is 2.19. The van der Waals surface area contributed by atoms with Gasteiger partial charge in [0.25, 0.3) is 0 Å². The second-order valence-corrected chi connectivity index (χ2v) is 3.76. The Balaban J connectivity index is 2.14. The van der Waals surface area contributed by atoms with Crippen LogP contribution in [0, 0.1) is 5.92 Å². The minimum Gasteiger partial charge on any atom is -0.388 e. The Bertz CT molecular complexity index is 148. The van der Waals surface area contributed by atoms with Crippen LogP contribution in [0.4, 0.5) is 0 Å². The Kier molecular flexibility index (Phi) is 4.86. The molecule has 0 aromatic carbocycles. The second-order valence-electron chi connectivity index (χ2n) is 3.76. The first kappa shape index (κ1) is 10.5. The summed E-state index contributed by atoms with van der Waals surface area (Å²) >= 11 is 0. The van der Waals surface area contributed by atoms with Crippen molar-refractivity contribution in [3.8, 4) is 0 Å². The van der Waals surface area contributed by atoms with Gasteiger partial charge in [-0.3, -0.25) is 0 Å². The molecule has 1 fully saturated rings. The first-order valence-corrected chi connectivity index (χ1v) is 5.18. The first-order chi connectivity index (χ1) is 6.36. The van der Waals surface area contributed by atoms with Crippen molar-refractivity contribution >= 4 is 0 Å². The van der Waals surface area contributed by atoms with Crippen LogP contribution in [0.3, 0.4) is 0 Å². The standard InChI is InChI=1S/C10H21N3/c11-6-1-7-13-10-4-2-9(8-12)3-5-10/h1,7,9-10,13H,2-6,8,11-12H2/b7-1-. The normalized spacial score (nSPS) is 29.4. The molecule has 0 unspecified atom stereocenters. The van der Waals surface area contributed by atoms with Gasteiger partial charge < -0.3 is 16.8 Å². The second kappa shape index (κ2) is 6.00. The summed E-state index contributed by atoms with van der Waals surface area (Å²) in [5.74, 6) is 0.761. The van der Waals surface area contributed by atoms with Crippen molar-refractivity contribution in [1.29, 1.82) is 0 Å². The van der Waals surface area contributed by atoms with E-state index in [0.717, 1.165) is 12.5 Å². The van der Waals surface area contributed by atoms with Crippen molar-refractivity contribution in [3.63, 3.8) is 0 Å². The molecule has 0 bridgehead atoms. The Hall–Kier alpha value is -0.540. The van der Waals surface area contributed by atoms with E-state index in [9.17, 15) is 0 Å². The predicted octanol–water partition coefficient (Wildman–Crippen LogP) is 0.566. The number of hydrogen-bond donors (Lipinski definition) is 3. The molecule has 1 rings (SSSR count). The zero-order valence-corrected chi connectivity index (χ0v) is 8.21. The fraction of sp³-hybridized carbons (Fsp3) is 0.800. The molecule has 3 heteroatoms. The van der Waals surface area contributed by atoms with Crippen molar-refractivity contribution in [1.82, 2.24) is 5.32 Å². The van der Waals surface area contributed by atoms with Crippen LogP contribution < -0.4 is 16.8 Å². The molecule has 76 valence electrons. The predicted molar refractivity (Wildman–Crippen MR) is 56.1 cm³/mol. The molecule has 1 aliphatic rings. The summed E-state index contributed by atoms with van der Waals surface area (Å²) < 4.78 is 0. The molecule has 1 aliphatic carbocycles. The summed E-state index contributed by atoms with van der Waals surface area (Å²) in [4.78, 5) is 0. The molecule has 0 amide bonds. The highest BCUT2D eigenvalue weighted by molar-refractivity contribution is 4.86. The lowest BCUT2D eigenvalue weighted by Crippen LogP contribution is -2.31. The van der Waals surface area contributed by atoms with Crippen LogP contribution in [0.5, 0.6) is 0 Å². The monoisotopic (exact) mass is 183 g/mol. The van der Waals surface area contributed by atoms with Crippen molar-refractivity contribution in [2.45, 2.75) is 31.7 Å². The van der Waals surface area contributed by atoms with Crippen LogP contribution in [-0.2, 0) is 0 Å². The van der Waals surface area contributed by atoms with Crippen molar-refractivity contribution in [3.05, 3.63) is 12.3 Å². The van der Waals surface area contributed by atoms with E-state index >= 15 is 0 Å². The van der Waals surface area contributed by atoms with Gasteiger partial charge in [0.2, 0.25) is 0 Å². The maximum Gasteiger partial charge on any atom is 0.0255 e. The molecule has 0 heterocycles. The topological polar surface area (TPSA) is 64.1 Å². The maximum absolute atomic E-state index is 5.62. The van der Waals surface area contributed by atoms with E-state index < -0.39 is 0 Å². The molecular weight excluding hydrogens is 162 g/mol. The van der Waals surface area contributed by atoms with Crippen LogP contribution >= 0.6 is 0 Å². The third-order valence-corrected chi connectivity index (χ3v) is 2.77. The van der Waals surface area contributed by atoms with Gasteiger partial charge in [0.05, 0.1) is 0 Å². The quantitative estimate of drug-likeness (QED) is 0.597. The van der Waals surface area contributed by atoms with Crippen molar-refractivity contribution in [2.75, 3.05) is 13.1 Å².